The van der Waals surface area contributed by atoms with Crippen molar-refractivity contribution in [3.8, 4) is 11.3 Å². The summed E-state index contributed by atoms with van der Waals surface area (Å²) in [5, 5.41) is 2.14. The molecule has 30 heavy (non-hydrogen) atoms. The average molecular weight is 404 g/mol. The number of barbiturate groups is 1. The maximum atomic E-state index is 12.7. The highest BCUT2D eigenvalue weighted by Gasteiger charge is 2.36. The Bertz CT molecular complexity index is 1170. The van der Waals surface area contributed by atoms with Crippen LogP contribution in [0.1, 0.15) is 28.8 Å². The van der Waals surface area contributed by atoms with Gasteiger partial charge in [-0.05, 0) is 37.3 Å². The van der Waals surface area contributed by atoms with Gasteiger partial charge in [0.15, 0.2) is 5.78 Å². The van der Waals surface area contributed by atoms with E-state index in [0.717, 1.165) is 10.5 Å². The Morgan fingerprint density at radius 1 is 1.07 bits per heavy atom. The van der Waals surface area contributed by atoms with E-state index in [1.807, 2.05) is 0 Å². The van der Waals surface area contributed by atoms with Gasteiger partial charge in [-0.2, -0.15) is 0 Å². The number of nitrogens with one attached hydrogen (secondary N) is 1. The summed E-state index contributed by atoms with van der Waals surface area (Å²) < 4.78 is 10.9. The van der Waals surface area contributed by atoms with Crippen LogP contribution >= 0.6 is 0 Å². The van der Waals surface area contributed by atoms with E-state index >= 15 is 0 Å². The summed E-state index contributed by atoms with van der Waals surface area (Å²) >= 11 is 0. The molecule has 150 valence electrons. The van der Waals surface area contributed by atoms with Crippen LogP contribution in [0, 0.1) is 0 Å². The van der Waals surface area contributed by atoms with E-state index < -0.39 is 17.8 Å². The predicted molar refractivity (Wildman–Crippen MR) is 105 cm³/mol. The molecule has 0 unspecified atom stereocenters. The van der Waals surface area contributed by atoms with E-state index in [9.17, 15) is 19.2 Å². The fraction of sp³-hybridized carbons (Fsp3) is 0.0909. The molecule has 4 rings (SSSR count). The zero-order chi connectivity index (χ0) is 21.3. The summed E-state index contributed by atoms with van der Waals surface area (Å²) in [6.45, 7) is 1.38. The van der Waals surface area contributed by atoms with Crippen LogP contribution in [-0.4, -0.2) is 28.5 Å². The second-order valence-electron chi connectivity index (χ2n) is 6.62. The summed E-state index contributed by atoms with van der Waals surface area (Å²) in [6.07, 6.45) is 2.71. The highest BCUT2D eigenvalue weighted by atomic mass is 16.3. The summed E-state index contributed by atoms with van der Waals surface area (Å²) in [7, 11) is 0. The van der Waals surface area contributed by atoms with Crippen molar-refractivity contribution in [3.63, 3.8) is 0 Å². The zero-order valence-corrected chi connectivity index (χ0v) is 15.9. The molecule has 0 bridgehead atoms. The van der Waals surface area contributed by atoms with Gasteiger partial charge in [0, 0.05) is 11.1 Å². The number of imide groups is 2. The van der Waals surface area contributed by atoms with Crippen molar-refractivity contribution in [1.82, 2.24) is 10.2 Å². The minimum atomic E-state index is -0.816. The van der Waals surface area contributed by atoms with Crippen LogP contribution in [0.5, 0.6) is 0 Å². The maximum Gasteiger partial charge on any atom is 0.331 e. The van der Waals surface area contributed by atoms with Crippen LogP contribution in [0.25, 0.3) is 17.4 Å². The maximum absolute atomic E-state index is 12.7. The molecule has 0 radical (unpaired) electrons. The molecule has 8 heteroatoms. The Kier molecular flexibility index (Phi) is 4.89. The second-order valence-corrected chi connectivity index (χ2v) is 6.62. The monoisotopic (exact) mass is 404 g/mol. The van der Waals surface area contributed by atoms with Gasteiger partial charge in [0.25, 0.3) is 11.8 Å². The number of furan rings is 2. The topological polar surface area (TPSA) is 110 Å². The van der Waals surface area contributed by atoms with Gasteiger partial charge in [-0.3, -0.25) is 24.6 Å². The number of Topliss-reactive ketones (excluding diaryl/α,β-unsaturated/α-hetero) is 1. The molecule has 0 saturated carbocycles. The molecular weight excluding hydrogens is 388 g/mol. The average Bonchev–Trinajstić information content (AvgIpc) is 3.40. The lowest BCUT2D eigenvalue weighted by atomic mass is 10.1. The second kappa shape index (κ2) is 7.67. The van der Waals surface area contributed by atoms with E-state index in [1.165, 1.54) is 19.3 Å². The number of hydrogen-bond donors (Lipinski definition) is 1. The first-order valence-electron chi connectivity index (χ1n) is 9.05. The van der Waals surface area contributed by atoms with E-state index in [2.05, 4.69) is 5.32 Å². The number of benzene rings is 1. The van der Waals surface area contributed by atoms with Crippen molar-refractivity contribution in [2.24, 2.45) is 0 Å². The van der Waals surface area contributed by atoms with Crippen molar-refractivity contribution >= 4 is 29.7 Å². The number of ketones is 1. The molecule has 1 N–H and O–H groups in total. The Hall–Kier alpha value is -4.20. The molecule has 1 aromatic carbocycles. The lowest BCUT2D eigenvalue weighted by Crippen LogP contribution is -2.53. The van der Waals surface area contributed by atoms with Gasteiger partial charge in [0.1, 0.15) is 22.9 Å². The highest BCUT2D eigenvalue weighted by molar-refractivity contribution is 6.30. The Morgan fingerprint density at radius 2 is 1.83 bits per heavy atom. The zero-order valence-electron chi connectivity index (χ0n) is 15.9. The Balaban J connectivity index is 1.59. The Labute approximate surface area is 170 Å². The third-order valence-electron chi connectivity index (χ3n) is 4.57. The number of carbonyl (C=O) groups excluding carboxylic acids is 4. The van der Waals surface area contributed by atoms with E-state index in [0.29, 0.717) is 17.1 Å². The van der Waals surface area contributed by atoms with Gasteiger partial charge in [0.05, 0.1) is 12.8 Å². The molecule has 3 aromatic rings. The van der Waals surface area contributed by atoms with Gasteiger partial charge in [-0.25, -0.2) is 4.79 Å². The molecule has 0 spiro atoms. The van der Waals surface area contributed by atoms with Gasteiger partial charge in [-0.15, -0.1) is 0 Å². The van der Waals surface area contributed by atoms with Crippen molar-refractivity contribution in [1.29, 1.82) is 0 Å². The third-order valence-corrected chi connectivity index (χ3v) is 4.57. The largest absolute Gasteiger partial charge is 0.467 e. The molecule has 2 aromatic heterocycles. The predicted octanol–water partition coefficient (Wildman–Crippen LogP) is 3.40. The van der Waals surface area contributed by atoms with Crippen LogP contribution in [-0.2, 0) is 16.1 Å². The molecule has 4 amide bonds. The first kappa shape index (κ1) is 19.1. The number of hydrogen-bond acceptors (Lipinski definition) is 6. The fourth-order valence-corrected chi connectivity index (χ4v) is 2.99. The smallest absolute Gasteiger partial charge is 0.331 e. The van der Waals surface area contributed by atoms with Gasteiger partial charge >= 0.3 is 6.03 Å². The molecule has 0 atom stereocenters. The van der Waals surface area contributed by atoms with Crippen molar-refractivity contribution in [2.45, 2.75) is 13.5 Å². The minimum Gasteiger partial charge on any atom is -0.467 e. The number of carbonyl (C=O) groups is 4. The summed E-state index contributed by atoms with van der Waals surface area (Å²) in [5.41, 5.74) is 1.09. The first-order valence-corrected chi connectivity index (χ1v) is 9.05. The first-order chi connectivity index (χ1) is 14.4. The third kappa shape index (κ3) is 3.70. The van der Waals surface area contributed by atoms with Crippen molar-refractivity contribution in [2.75, 3.05) is 0 Å². The molecule has 1 aliphatic rings. The number of urea groups is 1. The van der Waals surface area contributed by atoms with Crippen molar-refractivity contribution < 1.29 is 28.0 Å². The quantitative estimate of drug-likeness (QED) is 0.396. The van der Waals surface area contributed by atoms with E-state index in [4.69, 9.17) is 8.83 Å². The van der Waals surface area contributed by atoms with E-state index in [-0.39, 0.29) is 23.7 Å². The Morgan fingerprint density at radius 3 is 2.50 bits per heavy atom. The fourth-order valence-electron chi connectivity index (χ4n) is 2.99. The van der Waals surface area contributed by atoms with Crippen LogP contribution < -0.4 is 5.32 Å². The minimum absolute atomic E-state index is 0.0399. The summed E-state index contributed by atoms with van der Waals surface area (Å²) in [4.78, 5) is 49.3. The van der Waals surface area contributed by atoms with Crippen LogP contribution in [0.2, 0.25) is 0 Å². The molecule has 0 aliphatic carbocycles. The standard InChI is InChI=1S/C22H16N2O6/c1-13(25)14-4-6-15(7-5-14)19-9-8-16(30-19)11-18-20(26)23-22(28)24(21(18)27)12-17-3-2-10-29-17/h2-11H,12H2,1H3,(H,23,26,28)/b18-11+. The number of rotatable bonds is 5. The van der Waals surface area contributed by atoms with Gasteiger partial charge in [0.2, 0.25) is 0 Å². The summed E-state index contributed by atoms with van der Waals surface area (Å²) in [5.74, 6) is -0.410. The number of nitrogens with zero attached hydrogens (tertiary/aromatic N) is 1. The highest BCUT2D eigenvalue weighted by Crippen LogP contribution is 2.25. The van der Waals surface area contributed by atoms with Crippen LogP contribution in [0.4, 0.5) is 4.79 Å². The van der Waals surface area contributed by atoms with Gasteiger partial charge in [-0.1, -0.05) is 24.3 Å². The summed E-state index contributed by atoms with van der Waals surface area (Å²) in [6, 6.07) is 12.6. The van der Waals surface area contributed by atoms with Crippen molar-refractivity contribution in [3.05, 3.63) is 77.5 Å². The SMILES string of the molecule is CC(=O)c1ccc(-c2ccc(/C=C3\C(=O)NC(=O)N(Cc4ccco4)C3=O)o2)cc1. The van der Waals surface area contributed by atoms with E-state index in [1.54, 1.807) is 48.5 Å². The normalized spacial score (nSPS) is 15.6. The molecule has 8 nitrogen and oxygen atoms in total. The lowest BCUT2D eigenvalue weighted by Gasteiger charge is -2.25. The number of amides is 4. The molecule has 3 heterocycles. The van der Waals surface area contributed by atoms with Gasteiger partial charge < -0.3 is 8.83 Å². The lowest BCUT2D eigenvalue weighted by molar-refractivity contribution is -0.130. The molecule has 1 aliphatic heterocycles. The molecule has 1 fully saturated rings. The molecule has 1 saturated heterocycles. The van der Waals surface area contributed by atoms with Crippen LogP contribution in [0.15, 0.2) is 69.2 Å². The van der Waals surface area contributed by atoms with Crippen LogP contribution in [0.3, 0.4) is 0 Å². The molecular formula is C22H16N2O6.